The molecule has 0 heterocycles. The van der Waals surface area contributed by atoms with Crippen molar-refractivity contribution in [1.82, 2.24) is 0 Å². The molecule has 0 spiro atoms. The standard InChI is InChI=1S/Fe.2O.Zn. The van der Waals surface area contributed by atoms with Crippen LogP contribution < -0.4 is 0 Å². The molecule has 0 radical (unpaired) electrons. The SMILES string of the molecule is [O]=[Fe].[O]=[Zn]. The normalized spacial score (nSPS) is 2.75. The van der Waals surface area contributed by atoms with Gasteiger partial charge in [0.15, 0.2) is 0 Å². The summed E-state index contributed by atoms with van der Waals surface area (Å²) in [5.74, 6) is 0. The summed E-state index contributed by atoms with van der Waals surface area (Å²) in [7, 11) is 0. The maximum atomic E-state index is 8.38. The Hall–Kier alpha value is 0.743. The van der Waals surface area contributed by atoms with Gasteiger partial charge in [-0.1, -0.05) is 0 Å². The first-order valence-corrected chi connectivity index (χ1v) is 2.10. The Morgan fingerprint density at radius 1 is 1.25 bits per heavy atom. The van der Waals surface area contributed by atoms with Crippen molar-refractivity contribution in [3.05, 3.63) is 0 Å². The van der Waals surface area contributed by atoms with Crippen LogP contribution in [0.3, 0.4) is 0 Å². The molecule has 0 aliphatic carbocycles. The molecule has 0 amide bonds. The molecule has 0 rings (SSSR count). The molecule has 0 aromatic rings. The molecule has 0 unspecified atom stereocenters. The Balaban J connectivity index is 0. The van der Waals surface area contributed by atoms with Gasteiger partial charge >= 0.3 is 41.6 Å². The first-order valence-electron chi connectivity index (χ1n) is 0.433. The van der Waals surface area contributed by atoms with Crippen LogP contribution in [0.1, 0.15) is 0 Å². The second kappa shape index (κ2) is 51.0. The molecule has 0 aromatic carbocycles. The third-order valence-corrected chi connectivity index (χ3v) is 0. The van der Waals surface area contributed by atoms with Crippen molar-refractivity contribution < 1.29 is 41.6 Å². The van der Waals surface area contributed by atoms with Crippen LogP contribution in [0.15, 0.2) is 0 Å². The predicted molar refractivity (Wildman–Crippen MR) is 1.37 cm³/mol. The van der Waals surface area contributed by atoms with Gasteiger partial charge in [0.25, 0.3) is 0 Å². The monoisotopic (exact) mass is 152 g/mol. The van der Waals surface area contributed by atoms with Gasteiger partial charge in [-0.25, -0.2) is 0 Å². The second-order valence-corrected chi connectivity index (χ2v) is 0. The molecule has 2 nitrogen and oxygen atoms in total. The minimum atomic E-state index is 0.125. The van der Waals surface area contributed by atoms with Crippen LogP contribution in [0.2, 0.25) is 0 Å². The molecular formula is FeO2Zn. The van der Waals surface area contributed by atoms with Crippen molar-refractivity contribution in [2.45, 2.75) is 0 Å². The Labute approximate surface area is 41.9 Å². The number of hydrogen-bond donors (Lipinski definition) is 0. The average Bonchev–Trinajstić information content (AvgIpc) is 1.50. The summed E-state index contributed by atoms with van der Waals surface area (Å²) in [6.45, 7) is 0. The van der Waals surface area contributed by atoms with Gasteiger partial charge in [-0.15, -0.1) is 0 Å². The molecule has 0 saturated heterocycles. The summed E-state index contributed by atoms with van der Waals surface area (Å²) in [6.07, 6.45) is 0. The van der Waals surface area contributed by atoms with E-state index in [1.165, 1.54) is 0 Å². The first-order chi connectivity index (χ1) is 2.00. The van der Waals surface area contributed by atoms with Crippen molar-refractivity contribution in [3.63, 3.8) is 0 Å². The van der Waals surface area contributed by atoms with Crippen LogP contribution >= 0.6 is 0 Å². The molecular weight excluding hydrogens is 153 g/mol. The molecule has 0 bridgehead atoms. The topological polar surface area (TPSA) is 34.1 Å². The molecule has 22 valence electrons. The summed E-state index contributed by atoms with van der Waals surface area (Å²) in [5, 5.41) is 0. The molecule has 4 heavy (non-hydrogen) atoms. The van der Waals surface area contributed by atoms with Crippen LogP contribution in [0.4, 0.5) is 0 Å². The molecule has 0 N–H and O–H groups in total. The van der Waals surface area contributed by atoms with Gasteiger partial charge < -0.3 is 0 Å². The fraction of sp³-hybridized carbons (Fsp3) is 0. The van der Waals surface area contributed by atoms with Gasteiger partial charge in [0.05, 0.1) is 0 Å². The third-order valence-electron chi connectivity index (χ3n) is 0. The van der Waals surface area contributed by atoms with Crippen LogP contribution in [-0.4, -0.2) is 0 Å². The van der Waals surface area contributed by atoms with Gasteiger partial charge in [0.1, 0.15) is 0 Å². The van der Waals surface area contributed by atoms with Gasteiger partial charge in [-0.05, 0) is 0 Å². The zero-order valence-corrected chi connectivity index (χ0v) is 5.95. The first kappa shape index (κ1) is 8.83. The van der Waals surface area contributed by atoms with Gasteiger partial charge in [-0.2, -0.15) is 0 Å². The quantitative estimate of drug-likeness (QED) is 0.450. The Kier molecular flexibility index (Phi) is 113. The summed E-state index contributed by atoms with van der Waals surface area (Å²) in [5.41, 5.74) is 0. The van der Waals surface area contributed by atoms with E-state index < -0.39 is 0 Å². The van der Waals surface area contributed by atoms with E-state index >= 15 is 0 Å². The zero-order chi connectivity index (χ0) is 4.00. The van der Waals surface area contributed by atoms with E-state index in [4.69, 9.17) is 7.41 Å². The van der Waals surface area contributed by atoms with Gasteiger partial charge in [-0.3, -0.25) is 0 Å². The van der Waals surface area contributed by atoms with E-state index in [0.717, 1.165) is 0 Å². The van der Waals surface area contributed by atoms with Crippen molar-refractivity contribution in [3.8, 4) is 0 Å². The van der Waals surface area contributed by atoms with E-state index in [0.29, 0.717) is 0 Å². The second-order valence-electron chi connectivity index (χ2n) is 0. The van der Waals surface area contributed by atoms with Crippen LogP contribution in [0.5, 0.6) is 0 Å². The Bertz CT molecular complexity index is 8.00. The number of rotatable bonds is 0. The molecule has 0 saturated carbocycles. The van der Waals surface area contributed by atoms with E-state index in [1.54, 1.807) is 0 Å². The molecule has 0 aliphatic rings. The van der Waals surface area contributed by atoms with Crippen LogP contribution in [0, 0.1) is 0 Å². The fourth-order valence-electron chi connectivity index (χ4n) is 0. The third kappa shape index (κ3) is 15.1. The van der Waals surface area contributed by atoms with Crippen LogP contribution in [-0.2, 0) is 41.6 Å². The van der Waals surface area contributed by atoms with Gasteiger partial charge in [0, 0.05) is 0 Å². The van der Waals surface area contributed by atoms with Crippen molar-refractivity contribution in [1.29, 1.82) is 0 Å². The zero-order valence-electron chi connectivity index (χ0n) is 1.88. The molecule has 0 fully saturated rings. The Morgan fingerprint density at radius 3 is 1.25 bits per heavy atom. The van der Waals surface area contributed by atoms with Crippen LogP contribution in [0.25, 0.3) is 0 Å². The summed E-state index contributed by atoms with van der Waals surface area (Å²) >= 11 is 2.12. The molecule has 4 heteroatoms. The van der Waals surface area contributed by atoms with E-state index in [1.807, 2.05) is 15.9 Å². The average molecular weight is 153 g/mol. The summed E-state index contributed by atoms with van der Waals surface area (Å²) in [6, 6.07) is 0. The van der Waals surface area contributed by atoms with E-state index in [-0.39, 0.29) is 18.3 Å². The molecule has 0 aliphatic heterocycles. The molecule has 0 atom stereocenters. The fourth-order valence-corrected chi connectivity index (χ4v) is 0. The molecule has 0 aromatic heterocycles. The van der Waals surface area contributed by atoms with E-state index in [2.05, 4.69) is 0 Å². The Morgan fingerprint density at radius 2 is 1.25 bits per heavy atom. The van der Waals surface area contributed by atoms with Crippen molar-refractivity contribution in [2.24, 2.45) is 0 Å². The summed E-state index contributed by atoms with van der Waals surface area (Å²) in [4.78, 5) is 0. The maximum absolute atomic E-state index is 8.38. The number of hydrogen-bond acceptors (Lipinski definition) is 2. The van der Waals surface area contributed by atoms with Crippen molar-refractivity contribution >= 4 is 0 Å². The predicted octanol–water partition coefficient (Wildman–Crippen LogP) is -0.243. The van der Waals surface area contributed by atoms with Crippen molar-refractivity contribution in [2.75, 3.05) is 0 Å². The van der Waals surface area contributed by atoms with E-state index in [9.17, 15) is 0 Å². The minimum absolute atomic E-state index is 0.125. The van der Waals surface area contributed by atoms with Gasteiger partial charge in [0.2, 0.25) is 0 Å². The summed E-state index contributed by atoms with van der Waals surface area (Å²) < 4.78 is 16.4.